The zero-order valence-corrected chi connectivity index (χ0v) is 17.3. The van der Waals surface area contributed by atoms with Gasteiger partial charge >= 0.3 is 169 Å². The van der Waals surface area contributed by atoms with E-state index >= 15 is 0 Å². The zero-order valence-electron chi connectivity index (χ0n) is 13.8. The molecule has 3 aromatic carbocycles. The van der Waals surface area contributed by atoms with Crippen molar-refractivity contribution >= 4 is 60.1 Å². The van der Waals surface area contributed by atoms with Gasteiger partial charge in [0, 0.05) is 0 Å². The molecular formula is C21H13AsBrNO2. The molecule has 0 heterocycles. The van der Waals surface area contributed by atoms with Crippen molar-refractivity contribution in [1.29, 1.82) is 0 Å². The first-order valence-electron chi connectivity index (χ1n) is 8.05. The van der Waals surface area contributed by atoms with E-state index in [2.05, 4.69) is 38.1 Å². The molecule has 0 unspecified atom stereocenters. The Kier molecular flexibility index (Phi) is 4.34. The van der Waals surface area contributed by atoms with E-state index in [0.717, 1.165) is 20.1 Å². The topological polar surface area (TPSA) is 46.2 Å². The Morgan fingerprint density at radius 3 is 2.08 bits per heavy atom. The van der Waals surface area contributed by atoms with Crippen LogP contribution in [0.2, 0.25) is 0 Å². The molecule has 3 nitrogen and oxygen atoms in total. The van der Waals surface area contributed by atoms with Crippen LogP contribution in [0, 0.1) is 6.92 Å². The summed E-state index contributed by atoms with van der Waals surface area (Å²) in [5.74, 6) is -0.260. The first-order chi connectivity index (χ1) is 12.5. The predicted octanol–water partition coefficient (Wildman–Crippen LogP) is 4.07. The van der Waals surface area contributed by atoms with Crippen LogP contribution in [0.3, 0.4) is 0 Å². The molecule has 0 atom stereocenters. The fourth-order valence-corrected chi connectivity index (χ4v) is 4.15. The number of nitrogens with one attached hydrogen (secondary N) is 1. The molecular weight excluding hydrogens is 453 g/mol. The van der Waals surface area contributed by atoms with E-state index in [9.17, 15) is 9.59 Å². The minimum absolute atomic E-state index is 0.126. The van der Waals surface area contributed by atoms with Gasteiger partial charge in [-0.05, 0) is 0 Å². The van der Waals surface area contributed by atoms with Crippen LogP contribution in [-0.2, 0) is 0 Å². The van der Waals surface area contributed by atoms with E-state index in [1.165, 1.54) is 0 Å². The number of aryl methyl sites for hydroxylation is 1. The zero-order chi connectivity index (χ0) is 18.4. The van der Waals surface area contributed by atoms with Crippen molar-refractivity contribution in [3.63, 3.8) is 0 Å². The molecule has 0 saturated heterocycles. The Morgan fingerprint density at radius 2 is 1.46 bits per heavy atom. The number of anilines is 2. The number of carbonyl (C=O) groups is 2. The summed E-state index contributed by atoms with van der Waals surface area (Å²) in [5.41, 5.74) is 4.41. The van der Waals surface area contributed by atoms with Crippen LogP contribution in [0.5, 0.6) is 0 Å². The molecule has 0 spiro atoms. The van der Waals surface area contributed by atoms with Crippen LogP contribution >= 0.6 is 15.9 Å². The Balaban J connectivity index is 1.93. The maximum absolute atomic E-state index is 13.2. The van der Waals surface area contributed by atoms with Gasteiger partial charge in [-0.3, -0.25) is 0 Å². The molecule has 1 aliphatic carbocycles. The van der Waals surface area contributed by atoms with Crippen LogP contribution < -0.4 is 9.67 Å². The van der Waals surface area contributed by atoms with Gasteiger partial charge in [0.2, 0.25) is 0 Å². The molecule has 1 N–H and O–H groups in total. The molecule has 26 heavy (non-hydrogen) atoms. The second kappa shape index (κ2) is 6.53. The average Bonchev–Trinajstić information content (AvgIpc) is 2.64. The van der Waals surface area contributed by atoms with Gasteiger partial charge in [-0.2, -0.15) is 0 Å². The standard InChI is InChI=1S/C21H13AsBrNO2/c1-11-6-8-12(9-7-11)24-16-10-15(23)19(22)18-17(16)20(25)13-4-2-3-5-14(13)21(18)26/h2-10,24H,1H3. The van der Waals surface area contributed by atoms with Crippen molar-refractivity contribution < 1.29 is 9.59 Å². The Labute approximate surface area is 168 Å². The van der Waals surface area contributed by atoms with Gasteiger partial charge in [0.15, 0.2) is 0 Å². The van der Waals surface area contributed by atoms with Crippen LogP contribution in [0.1, 0.15) is 37.4 Å². The van der Waals surface area contributed by atoms with E-state index in [4.69, 9.17) is 0 Å². The molecule has 5 heteroatoms. The number of rotatable bonds is 2. The van der Waals surface area contributed by atoms with Crippen LogP contribution in [0.4, 0.5) is 11.4 Å². The third-order valence-corrected chi connectivity index (χ3v) is 6.72. The Morgan fingerprint density at radius 1 is 0.885 bits per heavy atom. The second-order valence-corrected chi connectivity index (χ2v) is 7.99. The van der Waals surface area contributed by atoms with Crippen molar-refractivity contribution in [2.75, 3.05) is 5.32 Å². The van der Waals surface area contributed by atoms with Gasteiger partial charge in [-0.1, -0.05) is 0 Å². The number of hydrogen-bond acceptors (Lipinski definition) is 3. The molecule has 0 amide bonds. The predicted molar refractivity (Wildman–Crippen MR) is 107 cm³/mol. The summed E-state index contributed by atoms with van der Waals surface area (Å²) in [6.45, 7) is 2.02. The van der Waals surface area contributed by atoms with E-state index in [1.807, 2.05) is 37.3 Å². The molecule has 0 fully saturated rings. The first-order valence-corrected chi connectivity index (χ1v) is 9.78. The molecule has 2 radical (unpaired) electrons. The number of benzene rings is 3. The fourth-order valence-electron chi connectivity index (χ4n) is 3.14. The number of ketones is 2. The number of fused-ring (bicyclic) bond motifs is 2. The van der Waals surface area contributed by atoms with Crippen LogP contribution in [-0.4, -0.2) is 28.4 Å². The normalized spacial score (nSPS) is 12.6. The summed E-state index contributed by atoms with van der Waals surface area (Å²) in [4.78, 5) is 26.2. The first kappa shape index (κ1) is 17.3. The van der Waals surface area contributed by atoms with E-state index in [0.29, 0.717) is 27.9 Å². The third-order valence-electron chi connectivity index (χ3n) is 4.45. The quantitative estimate of drug-likeness (QED) is 0.454. The van der Waals surface area contributed by atoms with E-state index in [-0.39, 0.29) is 11.6 Å². The van der Waals surface area contributed by atoms with Gasteiger partial charge in [0.25, 0.3) is 0 Å². The van der Waals surface area contributed by atoms with Gasteiger partial charge < -0.3 is 0 Å². The van der Waals surface area contributed by atoms with Crippen molar-refractivity contribution in [2.45, 2.75) is 6.92 Å². The monoisotopic (exact) mass is 465 g/mol. The summed E-state index contributed by atoms with van der Waals surface area (Å²) in [7, 11) is 0. The van der Waals surface area contributed by atoms with Crippen molar-refractivity contribution in [2.24, 2.45) is 0 Å². The van der Waals surface area contributed by atoms with Crippen molar-refractivity contribution in [3.8, 4) is 0 Å². The van der Waals surface area contributed by atoms with Crippen molar-refractivity contribution in [3.05, 3.63) is 86.9 Å². The molecule has 0 aromatic heterocycles. The number of carbonyl (C=O) groups excluding carboxylic acids is 2. The van der Waals surface area contributed by atoms with E-state index < -0.39 is 0 Å². The van der Waals surface area contributed by atoms with Crippen LogP contribution in [0.15, 0.2) is 59.1 Å². The maximum atomic E-state index is 13.2. The van der Waals surface area contributed by atoms with E-state index in [1.54, 1.807) is 24.3 Å². The molecule has 4 rings (SSSR count). The second-order valence-electron chi connectivity index (χ2n) is 6.20. The van der Waals surface area contributed by atoms with Gasteiger partial charge in [0.1, 0.15) is 0 Å². The minimum atomic E-state index is -0.135. The number of halogens is 1. The summed E-state index contributed by atoms with van der Waals surface area (Å²) in [6.07, 6.45) is 0. The molecule has 1 aliphatic rings. The summed E-state index contributed by atoms with van der Waals surface area (Å²) in [5, 5.41) is 3.30. The fraction of sp³-hybridized carbons (Fsp3) is 0.0476. The van der Waals surface area contributed by atoms with Crippen molar-refractivity contribution in [1.82, 2.24) is 0 Å². The van der Waals surface area contributed by atoms with Gasteiger partial charge in [0.05, 0.1) is 0 Å². The molecule has 0 bridgehead atoms. The Hall–Kier alpha value is -2.16. The molecule has 126 valence electrons. The molecule has 0 saturated carbocycles. The summed E-state index contributed by atoms with van der Waals surface area (Å²) >= 11 is 5.91. The average molecular weight is 466 g/mol. The summed E-state index contributed by atoms with van der Waals surface area (Å²) < 4.78 is 1.49. The molecule has 0 aliphatic heterocycles. The van der Waals surface area contributed by atoms with Gasteiger partial charge in [-0.15, -0.1) is 0 Å². The summed E-state index contributed by atoms with van der Waals surface area (Å²) in [6, 6.07) is 16.7. The number of hydrogen-bond donors (Lipinski definition) is 1. The van der Waals surface area contributed by atoms with Crippen LogP contribution in [0.25, 0.3) is 0 Å². The Bertz CT molecular complexity index is 1070. The third kappa shape index (κ3) is 2.74. The van der Waals surface area contributed by atoms with Gasteiger partial charge in [-0.25, -0.2) is 0 Å². The molecule has 3 aromatic rings. The SMILES string of the molecule is Cc1ccc(Nc2cc(Br)c([As])c3c2C(=O)c2ccccc2C3=O)cc1.